The summed E-state index contributed by atoms with van der Waals surface area (Å²) in [4.78, 5) is 33.4. The van der Waals surface area contributed by atoms with Crippen LogP contribution < -0.4 is 5.73 Å². The normalized spacial score (nSPS) is 14.5. The van der Waals surface area contributed by atoms with Crippen molar-refractivity contribution in [1.82, 2.24) is 0 Å². The van der Waals surface area contributed by atoms with Gasteiger partial charge in [0.1, 0.15) is 12.1 Å². The third kappa shape index (κ3) is 36.3. The second-order valence-corrected chi connectivity index (χ2v) is 14.9. The molecular weight excluding hydrogens is 681 g/mol. The van der Waals surface area contributed by atoms with Crippen molar-refractivity contribution in [3.63, 3.8) is 0 Å². The van der Waals surface area contributed by atoms with Gasteiger partial charge in [0.15, 0.2) is 0 Å². The predicted molar refractivity (Wildman–Crippen MR) is 212 cm³/mol. The minimum Gasteiger partial charge on any atom is -0.480 e. The molecule has 0 spiro atoms. The van der Waals surface area contributed by atoms with Gasteiger partial charge in [-0.1, -0.05) is 133 Å². The topological polar surface area (TPSA) is 155 Å². The predicted octanol–water partition coefficient (Wildman–Crippen LogP) is 10.7. The van der Waals surface area contributed by atoms with Crippen molar-refractivity contribution in [3.05, 3.63) is 48.6 Å². The maximum Gasteiger partial charge on any atom is 0.472 e. The van der Waals surface area contributed by atoms with Crippen LogP contribution in [0.5, 0.6) is 0 Å². The van der Waals surface area contributed by atoms with Crippen LogP contribution in [0.15, 0.2) is 48.6 Å². The number of ether oxygens (including phenoxy) is 2. The molecule has 0 bridgehead atoms. The number of aliphatic carboxylic acids is 1. The van der Waals surface area contributed by atoms with Crippen molar-refractivity contribution in [2.24, 2.45) is 5.73 Å². The number of carboxylic acid groups (broad SMARTS) is 1. The van der Waals surface area contributed by atoms with Crippen LogP contribution in [0, 0.1) is 0 Å². The van der Waals surface area contributed by atoms with Crippen molar-refractivity contribution >= 4 is 19.8 Å². The average molecular weight is 756 g/mol. The lowest BCUT2D eigenvalue weighted by atomic mass is 10.1. The van der Waals surface area contributed by atoms with Crippen LogP contribution in [0.1, 0.15) is 162 Å². The number of rotatable bonds is 38. The van der Waals surface area contributed by atoms with Crippen LogP contribution in [0.2, 0.25) is 0 Å². The second-order valence-electron chi connectivity index (χ2n) is 13.4. The zero-order valence-corrected chi connectivity index (χ0v) is 33.5. The number of hydrogen-bond acceptors (Lipinski definition) is 8. The minimum atomic E-state index is -4.62. The van der Waals surface area contributed by atoms with E-state index in [0.717, 1.165) is 77.0 Å². The molecule has 0 heterocycles. The molecule has 0 saturated heterocycles. The molecule has 0 aromatic rings. The van der Waals surface area contributed by atoms with E-state index in [-0.39, 0.29) is 13.0 Å². The van der Waals surface area contributed by atoms with Gasteiger partial charge in [-0.05, 0) is 70.6 Å². The lowest BCUT2D eigenvalue weighted by molar-refractivity contribution is -0.154. The van der Waals surface area contributed by atoms with Gasteiger partial charge in [-0.15, -0.1) is 0 Å². The Balaban J connectivity index is 4.33. The molecule has 3 atom stereocenters. The first kappa shape index (κ1) is 49.9. The summed E-state index contributed by atoms with van der Waals surface area (Å²) in [5, 5.41) is 8.88. The molecule has 302 valence electrons. The Morgan fingerprint density at radius 3 is 1.62 bits per heavy atom. The number of hydrogen-bond donors (Lipinski definition) is 3. The molecule has 0 aromatic carbocycles. The Morgan fingerprint density at radius 1 is 0.615 bits per heavy atom. The lowest BCUT2D eigenvalue weighted by Gasteiger charge is -2.20. The largest absolute Gasteiger partial charge is 0.480 e. The summed E-state index contributed by atoms with van der Waals surface area (Å²) >= 11 is 0. The zero-order chi connectivity index (χ0) is 38.4. The van der Waals surface area contributed by atoms with Gasteiger partial charge in [0.05, 0.1) is 19.8 Å². The Hall–Kier alpha value is -2.07. The highest BCUT2D eigenvalue weighted by molar-refractivity contribution is 7.47. The molecule has 10 nitrogen and oxygen atoms in total. The maximum atomic E-state index is 12.6. The summed E-state index contributed by atoms with van der Waals surface area (Å²) in [5.74, 6) is -1.80. The van der Waals surface area contributed by atoms with Crippen LogP contribution in [-0.4, -0.2) is 60.5 Å². The summed E-state index contributed by atoms with van der Waals surface area (Å²) in [7, 11) is -4.62. The van der Waals surface area contributed by atoms with Crippen LogP contribution in [0.4, 0.5) is 0 Å². The maximum absolute atomic E-state index is 12.6. The van der Waals surface area contributed by atoms with E-state index in [1.807, 2.05) is 0 Å². The standard InChI is InChI=1S/C41H74NO9P/c1-3-5-7-9-11-13-15-17-19-20-22-24-26-28-30-32-34-48-35-38(36-49-52(46,47)50-37-39(42)41(44)45)51-40(43)33-31-29-27-25-23-21-18-16-14-12-10-8-6-4-2/h10-13,16-19,38-39H,3-9,14-15,20-37,42H2,1-2H3,(H,44,45)(H,46,47)/b12-10-,13-11-,18-16-,19-17-. The van der Waals surface area contributed by atoms with E-state index in [4.69, 9.17) is 29.4 Å². The van der Waals surface area contributed by atoms with Gasteiger partial charge in [0.2, 0.25) is 0 Å². The molecule has 0 fully saturated rings. The first-order valence-electron chi connectivity index (χ1n) is 20.2. The number of esters is 1. The number of phosphoric acid groups is 1. The number of carbonyl (C=O) groups is 2. The van der Waals surface area contributed by atoms with E-state index >= 15 is 0 Å². The Morgan fingerprint density at radius 2 is 1.08 bits per heavy atom. The third-order valence-corrected chi connectivity index (χ3v) is 9.28. The number of carbonyl (C=O) groups excluding carboxylic acids is 1. The molecule has 52 heavy (non-hydrogen) atoms. The molecule has 11 heteroatoms. The fraction of sp³-hybridized carbons (Fsp3) is 0.756. The Kier molecular flexibility index (Phi) is 35.8. The molecule has 4 N–H and O–H groups in total. The summed E-state index contributed by atoms with van der Waals surface area (Å²) in [6.07, 6.45) is 41.6. The number of allylic oxidation sites excluding steroid dienone is 8. The monoisotopic (exact) mass is 756 g/mol. The van der Waals surface area contributed by atoms with E-state index in [1.54, 1.807) is 0 Å². The SMILES string of the molecule is CCCC/C=C\C/C=C\CCCCCCCC(=O)OC(COCCCCCCCC/C=C\C/C=C\CCCCC)COP(=O)(O)OCC(N)C(=O)O. The summed E-state index contributed by atoms with van der Waals surface area (Å²) in [5.41, 5.74) is 5.34. The average Bonchev–Trinajstić information content (AvgIpc) is 3.12. The van der Waals surface area contributed by atoms with Gasteiger partial charge in [-0.25, -0.2) is 4.57 Å². The molecular formula is C41H74NO9P. The highest BCUT2D eigenvalue weighted by Gasteiger charge is 2.27. The smallest absolute Gasteiger partial charge is 0.472 e. The van der Waals surface area contributed by atoms with Gasteiger partial charge >= 0.3 is 19.8 Å². The molecule has 3 unspecified atom stereocenters. The van der Waals surface area contributed by atoms with E-state index in [0.29, 0.717) is 13.0 Å². The van der Waals surface area contributed by atoms with Crippen LogP contribution >= 0.6 is 7.82 Å². The summed E-state index contributed by atoms with van der Waals surface area (Å²) < 4.78 is 33.2. The van der Waals surface area contributed by atoms with Crippen molar-refractivity contribution in [2.75, 3.05) is 26.4 Å². The molecule has 0 radical (unpaired) electrons. The lowest BCUT2D eigenvalue weighted by Crippen LogP contribution is -2.34. The fourth-order valence-electron chi connectivity index (χ4n) is 5.12. The zero-order valence-electron chi connectivity index (χ0n) is 32.6. The van der Waals surface area contributed by atoms with Gasteiger partial charge < -0.3 is 25.2 Å². The number of unbranched alkanes of at least 4 members (excludes halogenated alkanes) is 16. The van der Waals surface area contributed by atoms with E-state index in [2.05, 4.69) is 62.5 Å². The Bertz CT molecular complexity index is 1010. The number of carboxylic acids is 1. The molecule has 0 saturated carbocycles. The molecule has 0 amide bonds. The van der Waals surface area contributed by atoms with Crippen LogP contribution in [0.25, 0.3) is 0 Å². The van der Waals surface area contributed by atoms with E-state index < -0.39 is 45.1 Å². The van der Waals surface area contributed by atoms with Crippen LogP contribution in [-0.2, 0) is 32.7 Å². The van der Waals surface area contributed by atoms with Gasteiger partial charge in [0.25, 0.3) is 0 Å². The van der Waals surface area contributed by atoms with Gasteiger partial charge in [-0.2, -0.15) is 0 Å². The van der Waals surface area contributed by atoms with Gasteiger partial charge in [0, 0.05) is 13.0 Å². The first-order valence-corrected chi connectivity index (χ1v) is 21.7. The molecule has 0 aliphatic heterocycles. The van der Waals surface area contributed by atoms with E-state index in [9.17, 15) is 19.0 Å². The van der Waals surface area contributed by atoms with Gasteiger partial charge in [-0.3, -0.25) is 18.6 Å². The quantitative estimate of drug-likeness (QED) is 0.0240. The van der Waals surface area contributed by atoms with E-state index in [1.165, 1.54) is 57.8 Å². The van der Waals surface area contributed by atoms with Crippen molar-refractivity contribution in [3.8, 4) is 0 Å². The second kappa shape index (κ2) is 37.3. The highest BCUT2D eigenvalue weighted by Crippen LogP contribution is 2.43. The fourth-order valence-corrected chi connectivity index (χ4v) is 5.90. The first-order chi connectivity index (χ1) is 25.2. The molecule has 0 aromatic heterocycles. The highest BCUT2D eigenvalue weighted by atomic mass is 31.2. The number of phosphoric ester groups is 1. The van der Waals surface area contributed by atoms with Crippen molar-refractivity contribution in [2.45, 2.75) is 174 Å². The number of nitrogens with two attached hydrogens (primary N) is 1. The molecule has 0 aliphatic rings. The summed E-state index contributed by atoms with van der Waals surface area (Å²) in [6.45, 7) is 3.76. The van der Waals surface area contributed by atoms with Crippen molar-refractivity contribution in [1.29, 1.82) is 0 Å². The molecule has 0 aliphatic carbocycles. The Labute approximate surface area is 316 Å². The third-order valence-electron chi connectivity index (χ3n) is 8.33. The summed E-state index contributed by atoms with van der Waals surface area (Å²) in [6, 6.07) is -1.48. The van der Waals surface area contributed by atoms with Crippen molar-refractivity contribution < 1.29 is 42.7 Å². The van der Waals surface area contributed by atoms with Crippen LogP contribution in [0.3, 0.4) is 0 Å². The minimum absolute atomic E-state index is 0.00267. The molecule has 0 rings (SSSR count).